The maximum atomic E-state index is 12.6. The van der Waals surface area contributed by atoms with Crippen molar-refractivity contribution in [2.24, 2.45) is 0 Å². The zero-order chi connectivity index (χ0) is 19.2. The number of benzene rings is 2. The molecule has 1 aliphatic heterocycles. The molecule has 8 nitrogen and oxygen atoms in total. The number of amides is 2. The third-order valence-corrected chi connectivity index (χ3v) is 4.46. The number of nitrogens with one attached hydrogen (secondary N) is 2. The van der Waals surface area contributed by atoms with Crippen molar-refractivity contribution < 1.29 is 14.5 Å². The lowest BCUT2D eigenvalue weighted by molar-refractivity contribution is -0.384. The summed E-state index contributed by atoms with van der Waals surface area (Å²) in [5, 5.41) is 17.2. The van der Waals surface area contributed by atoms with E-state index in [1.807, 2.05) is 30.3 Å². The molecule has 0 aromatic heterocycles. The zero-order valence-corrected chi connectivity index (χ0v) is 15.1. The van der Waals surface area contributed by atoms with Crippen molar-refractivity contribution in [1.29, 1.82) is 0 Å². The Kier molecular flexibility index (Phi) is 5.87. The van der Waals surface area contributed by atoms with Crippen LogP contribution in [0.4, 0.5) is 21.9 Å². The fraction of sp³-hybridized carbons (Fsp3) is 0.316. The minimum Gasteiger partial charge on any atom is -0.380 e. The lowest BCUT2D eigenvalue weighted by Crippen LogP contribution is -2.35. The number of rotatable bonds is 6. The fourth-order valence-corrected chi connectivity index (χ4v) is 3.12. The first-order valence-corrected chi connectivity index (χ1v) is 8.70. The summed E-state index contributed by atoms with van der Waals surface area (Å²) < 4.78 is 5.10. The second kappa shape index (κ2) is 8.50. The molecule has 1 unspecified atom stereocenters. The van der Waals surface area contributed by atoms with Crippen LogP contribution in [-0.2, 0) is 11.3 Å². The summed E-state index contributed by atoms with van der Waals surface area (Å²) in [5.74, 6) is 0. The minimum absolute atomic E-state index is 0.0339. The van der Waals surface area contributed by atoms with Crippen molar-refractivity contribution in [3.8, 4) is 0 Å². The van der Waals surface area contributed by atoms with E-state index >= 15 is 0 Å². The number of para-hydroxylation sites is 1. The maximum Gasteiger partial charge on any atom is 0.321 e. The first kappa shape index (κ1) is 18.7. The highest BCUT2D eigenvalue weighted by Crippen LogP contribution is 2.24. The average Bonchev–Trinajstić information content (AvgIpc) is 3.12. The van der Waals surface area contributed by atoms with Gasteiger partial charge in [0.05, 0.1) is 11.5 Å². The summed E-state index contributed by atoms with van der Waals surface area (Å²) in [6.45, 7) is 1.41. The highest BCUT2D eigenvalue weighted by Gasteiger charge is 2.26. The quantitative estimate of drug-likeness (QED) is 0.600. The number of methoxy groups -OCH3 is 1. The molecule has 0 spiro atoms. The first-order chi connectivity index (χ1) is 13.1. The van der Waals surface area contributed by atoms with Gasteiger partial charge in [0.25, 0.3) is 5.69 Å². The Bertz CT molecular complexity index is 813. The number of nitrogens with zero attached hydrogens (tertiary/aromatic N) is 2. The van der Waals surface area contributed by atoms with E-state index in [4.69, 9.17) is 4.74 Å². The highest BCUT2D eigenvalue weighted by atomic mass is 16.6. The second-order valence-corrected chi connectivity index (χ2v) is 6.40. The second-order valence-electron chi connectivity index (χ2n) is 6.40. The highest BCUT2D eigenvalue weighted by molar-refractivity contribution is 5.90. The Labute approximate surface area is 157 Å². The standard InChI is InChI=1S/C19H22N4O4/c1-27-13-14-11-17(23(25)26)7-8-18(14)21-19(24)22-10-9-16(12-22)20-15-5-3-2-4-6-15/h2-8,11,16,20H,9-10,12-13H2,1H3,(H,21,24). The van der Waals surface area contributed by atoms with Gasteiger partial charge in [-0.05, 0) is 24.6 Å². The Hall–Kier alpha value is -3.13. The smallest absolute Gasteiger partial charge is 0.321 e. The molecule has 1 atom stereocenters. The summed E-state index contributed by atoms with van der Waals surface area (Å²) in [6, 6.07) is 14.2. The lowest BCUT2D eigenvalue weighted by Gasteiger charge is -2.19. The third-order valence-electron chi connectivity index (χ3n) is 4.46. The van der Waals surface area contributed by atoms with Gasteiger partial charge in [0, 0.05) is 55.3 Å². The molecule has 1 heterocycles. The molecule has 1 fully saturated rings. The Balaban J connectivity index is 1.63. The predicted molar refractivity (Wildman–Crippen MR) is 103 cm³/mol. The number of nitro groups is 1. The molecule has 8 heteroatoms. The van der Waals surface area contributed by atoms with Crippen molar-refractivity contribution in [2.45, 2.75) is 19.1 Å². The normalized spacial score (nSPS) is 16.2. The van der Waals surface area contributed by atoms with Crippen molar-refractivity contribution >= 4 is 23.1 Å². The van der Waals surface area contributed by atoms with Crippen LogP contribution < -0.4 is 10.6 Å². The average molecular weight is 370 g/mol. The monoisotopic (exact) mass is 370 g/mol. The van der Waals surface area contributed by atoms with E-state index in [0.717, 1.165) is 12.1 Å². The van der Waals surface area contributed by atoms with Gasteiger partial charge in [-0.3, -0.25) is 10.1 Å². The Morgan fingerprint density at radius 3 is 2.78 bits per heavy atom. The van der Waals surface area contributed by atoms with Crippen LogP contribution in [0.1, 0.15) is 12.0 Å². The van der Waals surface area contributed by atoms with E-state index in [1.54, 1.807) is 11.0 Å². The molecule has 3 rings (SSSR count). The molecular weight excluding hydrogens is 348 g/mol. The molecule has 142 valence electrons. The first-order valence-electron chi connectivity index (χ1n) is 8.70. The lowest BCUT2D eigenvalue weighted by atomic mass is 10.1. The van der Waals surface area contributed by atoms with Crippen LogP contribution in [0.3, 0.4) is 0 Å². The van der Waals surface area contributed by atoms with Crippen LogP contribution in [0.5, 0.6) is 0 Å². The number of ether oxygens (including phenoxy) is 1. The van der Waals surface area contributed by atoms with E-state index in [-0.39, 0.29) is 24.4 Å². The SMILES string of the molecule is COCc1cc([N+](=O)[O-])ccc1NC(=O)N1CCC(Nc2ccccc2)C1. The number of carbonyl (C=O) groups excluding carboxylic acids is 1. The molecule has 0 radical (unpaired) electrons. The Morgan fingerprint density at radius 1 is 1.30 bits per heavy atom. The largest absolute Gasteiger partial charge is 0.380 e. The molecule has 2 aromatic rings. The van der Waals surface area contributed by atoms with Gasteiger partial charge < -0.3 is 20.3 Å². The number of carbonyl (C=O) groups is 1. The van der Waals surface area contributed by atoms with E-state index in [1.165, 1.54) is 19.2 Å². The summed E-state index contributed by atoms with van der Waals surface area (Å²) in [5.41, 5.74) is 2.08. The molecule has 1 saturated heterocycles. The molecule has 27 heavy (non-hydrogen) atoms. The number of non-ortho nitro benzene ring substituents is 1. The molecule has 0 aliphatic carbocycles. The van der Waals surface area contributed by atoms with Crippen molar-refractivity contribution in [1.82, 2.24) is 4.90 Å². The fourth-order valence-electron chi connectivity index (χ4n) is 3.12. The van der Waals surface area contributed by atoms with Crippen molar-refractivity contribution in [2.75, 3.05) is 30.8 Å². The summed E-state index contributed by atoms with van der Waals surface area (Å²) in [6.07, 6.45) is 0.855. The van der Waals surface area contributed by atoms with Gasteiger partial charge in [-0.15, -0.1) is 0 Å². The van der Waals surface area contributed by atoms with Gasteiger partial charge >= 0.3 is 6.03 Å². The Morgan fingerprint density at radius 2 is 2.07 bits per heavy atom. The van der Waals surface area contributed by atoms with Gasteiger partial charge in [-0.25, -0.2) is 4.79 Å². The van der Waals surface area contributed by atoms with Crippen LogP contribution >= 0.6 is 0 Å². The number of likely N-dealkylation sites (tertiary alicyclic amines) is 1. The van der Waals surface area contributed by atoms with Crippen molar-refractivity contribution in [3.63, 3.8) is 0 Å². The van der Waals surface area contributed by atoms with Gasteiger partial charge in [0.1, 0.15) is 0 Å². The number of anilines is 2. The molecular formula is C19H22N4O4. The van der Waals surface area contributed by atoms with Gasteiger partial charge in [-0.1, -0.05) is 18.2 Å². The van der Waals surface area contributed by atoms with Crippen LogP contribution in [0, 0.1) is 10.1 Å². The van der Waals surface area contributed by atoms with Crippen LogP contribution in [0.2, 0.25) is 0 Å². The topological polar surface area (TPSA) is 96.7 Å². The number of nitro benzene ring substituents is 1. The summed E-state index contributed by atoms with van der Waals surface area (Å²) >= 11 is 0. The van der Waals surface area contributed by atoms with Crippen LogP contribution in [-0.4, -0.2) is 42.1 Å². The van der Waals surface area contributed by atoms with E-state index < -0.39 is 4.92 Å². The zero-order valence-electron chi connectivity index (χ0n) is 15.1. The van der Waals surface area contributed by atoms with E-state index in [2.05, 4.69) is 10.6 Å². The van der Waals surface area contributed by atoms with Gasteiger partial charge in [0.2, 0.25) is 0 Å². The molecule has 2 aromatic carbocycles. The van der Waals surface area contributed by atoms with Crippen LogP contribution in [0.15, 0.2) is 48.5 Å². The van der Waals surface area contributed by atoms with Crippen LogP contribution in [0.25, 0.3) is 0 Å². The minimum atomic E-state index is -0.467. The van der Waals surface area contributed by atoms with Gasteiger partial charge in [-0.2, -0.15) is 0 Å². The number of hydrogen-bond acceptors (Lipinski definition) is 5. The molecule has 0 bridgehead atoms. The summed E-state index contributed by atoms with van der Waals surface area (Å²) in [7, 11) is 1.50. The number of hydrogen-bond donors (Lipinski definition) is 2. The predicted octanol–water partition coefficient (Wildman–Crippen LogP) is 3.46. The molecule has 2 N–H and O–H groups in total. The van der Waals surface area contributed by atoms with E-state index in [9.17, 15) is 14.9 Å². The molecule has 2 amide bonds. The number of urea groups is 1. The molecule has 0 saturated carbocycles. The van der Waals surface area contributed by atoms with E-state index in [0.29, 0.717) is 24.3 Å². The maximum absolute atomic E-state index is 12.6. The molecule has 1 aliphatic rings. The van der Waals surface area contributed by atoms with Gasteiger partial charge in [0.15, 0.2) is 0 Å². The van der Waals surface area contributed by atoms with Crippen molar-refractivity contribution in [3.05, 3.63) is 64.2 Å². The third kappa shape index (κ3) is 4.73. The summed E-state index contributed by atoms with van der Waals surface area (Å²) in [4.78, 5) is 24.8.